The van der Waals surface area contributed by atoms with Crippen molar-refractivity contribution in [3.05, 3.63) is 53.7 Å². The van der Waals surface area contributed by atoms with Crippen LogP contribution in [-0.2, 0) is 21.3 Å². The molecule has 0 N–H and O–H groups in total. The van der Waals surface area contributed by atoms with E-state index in [1.807, 2.05) is 0 Å². The SMILES string of the molecule is CN(Cc1cc(-c2cccnc2F)n(S(=O)(=O)c2nccs2)c1)C(=O)OC(C)(C)C. The molecule has 0 unspecified atom stereocenters. The van der Waals surface area contributed by atoms with Gasteiger partial charge in [-0.25, -0.2) is 18.7 Å². The third kappa shape index (κ3) is 4.68. The predicted octanol–water partition coefficient (Wildman–Crippen LogP) is 3.75. The zero-order valence-electron chi connectivity index (χ0n) is 16.9. The first-order valence-corrected chi connectivity index (χ1v) is 11.2. The standard InChI is InChI=1S/C19H21FN4O4S2/c1-19(2,3)28-18(25)23(4)11-13-10-15(14-6-5-7-21-16(14)20)24(12-13)30(26,27)17-22-8-9-29-17/h5-10,12H,11H2,1-4H3. The molecule has 0 atom stereocenters. The summed E-state index contributed by atoms with van der Waals surface area (Å²) in [6.45, 7) is 5.31. The van der Waals surface area contributed by atoms with Crippen LogP contribution in [0.5, 0.6) is 0 Å². The lowest BCUT2D eigenvalue weighted by atomic mass is 10.2. The Labute approximate surface area is 178 Å². The number of carbonyl (C=O) groups is 1. The van der Waals surface area contributed by atoms with Gasteiger partial charge in [0.1, 0.15) is 5.60 Å². The van der Waals surface area contributed by atoms with Crippen molar-refractivity contribution in [1.82, 2.24) is 18.8 Å². The summed E-state index contributed by atoms with van der Waals surface area (Å²) in [5, 5.41) is 1.54. The van der Waals surface area contributed by atoms with Crippen LogP contribution in [0.4, 0.5) is 9.18 Å². The fraction of sp³-hybridized carbons (Fsp3) is 0.316. The van der Waals surface area contributed by atoms with E-state index in [0.29, 0.717) is 5.56 Å². The molecule has 0 saturated heterocycles. The Morgan fingerprint density at radius 1 is 1.30 bits per heavy atom. The van der Waals surface area contributed by atoms with Gasteiger partial charge in [-0.15, -0.1) is 11.3 Å². The summed E-state index contributed by atoms with van der Waals surface area (Å²) in [5.41, 5.74) is -0.0935. The molecule has 3 rings (SSSR count). The Kier molecular flexibility index (Phi) is 5.95. The molecule has 0 aromatic carbocycles. The maximum atomic E-state index is 14.4. The highest BCUT2D eigenvalue weighted by atomic mass is 32.2. The summed E-state index contributed by atoms with van der Waals surface area (Å²) in [6, 6.07) is 4.46. The van der Waals surface area contributed by atoms with Crippen LogP contribution in [0.3, 0.4) is 0 Å². The van der Waals surface area contributed by atoms with Crippen LogP contribution in [0.2, 0.25) is 0 Å². The molecule has 0 saturated carbocycles. The van der Waals surface area contributed by atoms with Crippen LogP contribution in [0.25, 0.3) is 11.3 Å². The average Bonchev–Trinajstić information content (AvgIpc) is 3.31. The first kappa shape index (κ1) is 21.9. The fourth-order valence-electron chi connectivity index (χ4n) is 2.66. The molecule has 160 valence electrons. The van der Waals surface area contributed by atoms with Gasteiger partial charge < -0.3 is 9.64 Å². The second-order valence-corrected chi connectivity index (χ2v) is 10.4. The Bertz CT molecular complexity index is 1150. The summed E-state index contributed by atoms with van der Waals surface area (Å²) >= 11 is 0.953. The lowest BCUT2D eigenvalue weighted by Crippen LogP contribution is -2.33. The molecule has 0 radical (unpaired) electrons. The van der Waals surface area contributed by atoms with Gasteiger partial charge in [-0.05, 0) is 44.5 Å². The van der Waals surface area contributed by atoms with Crippen molar-refractivity contribution >= 4 is 27.5 Å². The lowest BCUT2D eigenvalue weighted by Gasteiger charge is -2.24. The highest BCUT2D eigenvalue weighted by molar-refractivity contribution is 7.92. The molecule has 11 heteroatoms. The minimum Gasteiger partial charge on any atom is -0.444 e. The lowest BCUT2D eigenvalue weighted by molar-refractivity contribution is 0.0285. The van der Waals surface area contributed by atoms with Crippen molar-refractivity contribution in [2.45, 2.75) is 37.3 Å². The molecule has 3 heterocycles. The summed E-state index contributed by atoms with van der Waals surface area (Å²) in [5.74, 6) is -0.807. The second-order valence-electron chi connectivity index (χ2n) is 7.51. The van der Waals surface area contributed by atoms with Crippen molar-refractivity contribution in [2.24, 2.45) is 0 Å². The van der Waals surface area contributed by atoms with E-state index in [1.165, 1.54) is 54.1 Å². The van der Waals surface area contributed by atoms with Crippen LogP contribution >= 0.6 is 11.3 Å². The van der Waals surface area contributed by atoms with Gasteiger partial charge in [0.05, 0.1) is 17.8 Å². The van der Waals surface area contributed by atoms with E-state index in [4.69, 9.17) is 4.74 Å². The third-order valence-electron chi connectivity index (χ3n) is 3.89. The van der Waals surface area contributed by atoms with Gasteiger partial charge in [0.25, 0.3) is 10.0 Å². The molecule has 0 spiro atoms. The number of hydrogen-bond donors (Lipinski definition) is 0. The number of rotatable bonds is 5. The summed E-state index contributed by atoms with van der Waals surface area (Å²) < 4.78 is 46.7. The van der Waals surface area contributed by atoms with Gasteiger partial charge in [0.15, 0.2) is 0 Å². The highest BCUT2D eigenvalue weighted by Crippen LogP contribution is 2.29. The molecule has 1 amide bonds. The molecule has 0 aliphatic heterocycles. The normalized spacial score (nSPS) is 12.0. The smallest absolute Gasteiger partial charge is 0.410 e. The summed E-state index contributed by atoms with van der Waals surface area (Å²) in [6.07, 6.45) is 3.44. The van der Waals surface area contributed by atoms with Crippen molar-refractivity contribution in [3.8, 4) is 11.3 Å². The van der Waals surface area contributed by atoms with E-state index in [2.05, 4.69) is 9.97 Å². The van der Waals surface area contributed by atoms with E-state index in [0.717, 1.165) is 15.3 Å². The molecule has 30 heavy (non-hydrogen) atoms. The average molecular weight is 453 g/mol. The number of halogens is 1. The predicted molar refractivity (Wildman–Crippen MR) is 110 cm³/mol. The molecule has 3 aromatic rings. The molecule has 0 aliphatic carbocycles. The Hall–Kier alpha value is -2.79. The largest absolute Gasteiger partial charge is 0.444 e. The van der Waals surface area contributed by atoms with Gasteiger partial charge in [-0.3, -0.25) is 0 Å². The molecule has 0 aliphatic rings. The van der Waals surface area contributed by atoms with E-state index >= 15 is 0 Å². The molecule has 0 fully saturated rings. The van der Waals surface area contributed by atoms with Crippen molar-refractivity contribution < 1.29 is 22.3 Å². The zero-order chi connectivity index (χ0) is 22.1. The van der Waals surface area contributed by atoms with Gasteiger partial charge >= 0.3 is 6.09 Å². The summed E-state index contributed by atoms with van der Waals surface area (Å²) in [4.78, 5) is 21.1. The number of aromatic nitrogens is 3. The van der Waals surface area contributed by atoms with E-state index < -0.39 is 27.7 Å². The highest BCUT2D eigenvalue weighted by Gasteiger charge is 2.27. The van der Waals surface area contributed by atoms with Crippen molar-refractivity contribution in [1.29, 1.82) is 0 Å². The van der Waals surface area contributed by atoms with Crippen LogP contribution in [0.1, 0.15) is 26.3 Å². The summed E-state index contributed by atoms with van der Waals surface area (Å²) in [7, 11) is -2.53. The Morgan fingerprint density at radius 3 is 2.63 bits per heavy atom. The first-order chi connectivity index (χ1) is 14.0. The minimum absolute atomic E-state index is 0.0174. The molecule has 3 aromatic heterocycles. The first-order valence-electron chi connectivity index (χ1n) is 8.90. The number of hydrogen-bond acceptors (Lipinski definition) is 7. The van der Waals surface area contributed by atoms with Crippen LogP contribution in [-0.4, -0.2) is 46.0 Å². The van der Waals surface area contributed by atoms with E-state index in [9.17, 15) is 17.6 Å². The molecular weight excluding hydrogens is 431 g/mol. The number of ether oxygens (including phenoxy) is 1. The Morgan fingerprint density at radius 2 is 2.03 bits per heavy atom. The molecular formula is C19H21FN4O4S2. The maximum Gasteiger partial charge on any atom is 0.410 e. The van der Waals surface area contributed by atoms with Gasteiger partial charge in [0.2, 0.25) is 10.3 Å². The number of amides is 1. The quantitative estimate of drug-likeness (QED) is 0.547. The zero-order valence-corrected chi connectivity index (χ0v) is 18.5. The van der Waals surface area contributed by atoms with Gasteiger partial charge in [-0.1, -0.05) is 0 Å². The number of nitrogens with zero attached hydrogens (tertiary/aromatic N) is 4. The Balaban J connectivity index is 2.03. The minimum atomic E-state index is -4.06. The van der Waals surface area contributed by atoms with Gasteiger partial charge in [0, 0.05) is 31.0 Å². The van der Waals surface area contributed by atoms with Crippen molar-refractivity contribution in [2.75, 3.05) is 7.05 Å². The van der Waals surface area contributed by atoms with Gasteiger partial charge in [-0.2, -0.15) is 12.8 Å². The van der Waals surface area contributed by atoms with Crippen LogP contribution in [0, 0.1) is 5.95 Å². The van der Waals surface area contributed by atoms with E-state index in [-0.39, 0.29) is 22.1 Å². The van der Waals surface area contributed by atoms with Crippen LogP contribution in [0.15, 0.2) is 46.5 Å². The fourth-order valence-corrected chi connectivity index (χ4v) is 4.96. The molecule has 0 bridgehead atoms. The maximum absolute atomic E-state index is 14.4. The number of thiazole rings is 1. The monoisotopic (exact) mass is 452 g/mol. The topological polar surface area (TPSA) is 94.4 Å². The van der Waals surface area contributed by atoms with E-state index in [1.54, 1.807) is 20.8 Å². The second kappa shape index (κ2) is 8.15. The van der Waals surface area contributed by atoms with Crippen molar-refractivity contribution in [3.63, 3.8) is 0 Å². The number of pyridine rings is 1. The van der Waals surface area contributed by atoms with Crippen LogP contribution < -0.4 is 0 Å². The number of carbonyl (C=O) groups excluding carboxylic acids is 1. The molecule has 8 nitrogen and oxygen atoms in total. The third-order valence-corrected chi connectivity index (χ3v) is 6.74.